The van der Waals surface area contributed by atoms with Crippen molar-refractivity contribution in [2.75, 3.05) is 4.90 Å². The number of hydrogen-bond acceptors (Lipinski definition) is 3. The van der Waals surface area contributed by atoms with Crippen LogP contribution in [0.4, 0.5) is 5.69 Å². The van der Waals surface area contributed by atoms with E-state index < -0.39 is 0 Å². The molecule has 0 radical (unpaired) electrons. The van der Waals surface area contributed by atoms with Gasteiger partial charge < -0.3 is 4.90 Å². The summed E-state index contributed by atoms with van der Waals surface area (Å²) >= 11 is 0. The van der Waals surface area contributed by atoms with E-state index in [-0.39, 0.29) is 24.1 Å². The van der Waals surface area contributed by atoms with Gasteiger partial charge in [0.25, 0.3) is 5.56 Å². The fraction of sp³-hybridized carbons (Fsp3) is 0.312. The van der Waals surface area contributed by atoms with E-state index >= 15 is 0 Å². The highest BCUT2D eigenvalue weighted by Gasteiger charge is 2.30. The van der Waals surface area contributed by atoms with Crippen LogP contribution in [-0.2, 0) is 17.8 Å². The molecule has 1 amide bonds. The summed E-state index contributed by atoms with van der Waals surface area (Å²) in [5.41, 5.74) is 2.58. The van der Waals surface area contributed by atoms with Crippen molar-refractivity contribution >= 4 is 11.6 Å². The summed E-state index contributed by atoms with van der Waals surface area (Å²) < 4.78 is 1.35. The van der Waals surface area contributed by atoms with Crippen LogP contribution in [0.5, 0.6) is 0 Å². The standard InChI is InChI=1S/C16H17N3O2/c1-11-7-15(20)18(10-17-11)9-16(21)19-12(2)8-13-5-3-4-6-14(13)19/h3-7,10,12H,8-9H2,1-2H3. The molecular formula is C16H17N3O2. The topological polar surface area (TPSA) is 55.2 Å². The summed E-state index contributed by atoms with van der Waals surface area (Å²) in [5.74, 6) is -0.0831. The van der Waals surface area contributed by atoms with Crippen molar-refractivity contribution in [3.63, 3.8) is 0 Å². The largest absolute Gasteiger partial charge is 0.307 e. The van der Waals surface area contributed by atoms with Gasteiger partial charge in [-0.25, -0.2) is 4.98 Å². The molecule has 0 bridgehead atoms. The van der Waals surface area contributed by atoms with Gasteiger partial charge in [-0.05, 0) is 31.9 Å². The van der Waals surface area contributed by atoms with Gasteiger partial charge in [0.1, 0.15) is 6.54 Å². The maximum Gasteiger partial charge on any atom is 0.253 e. The van der Waals surface area contributed by atoms with Crippen molar-refractivity contribution in [2.24, 2.45) is 0 Å². The minimum Gasteiger partial charge on any atom is -0.307 e. The Balaban J connectivity index is 1.87. The van der Waals surface area contributed by atoms with Gasteiger partial charge in [-0.15, -0.1) is 0 Å². The van der Waals surface area contributed by atoms with Gasteiger partial charge in [-0.1, -0.05) is 18.2 Å². The predicted molar refractivity (Wildman–Crippen MR) is 80.3 cm³/mol. The quantitative estimate of drug-likeness (QED) is 0.840. The lowest BCUT2D eigenvalue weighted by Gasteiger charge is -2.23. The number of para-hydroxylation sites is 1. The molecule has 5 nitrogen and oxygen atoms in total. The van der Waals surface area contributed by atoms with Crippen LogP contribution in [0.25, 0.3) is 0 Å². The van der Waals surface area contributed by atoms with Gasteiger partial charge in [0.15, 0.2) is 0 Å². The number of rotatable bonds is 2. The van der Waals surface area contributed by atoms with Crippen LogP contribution in [0.15, 0.2) is 41.5 Å². The molecule has 21 heavy (non-hydrogen) atoms. The summed E-state index contributed by atoms with van der Waals surface area (Å²) in [6.45, 7) is 3.80. The van der Waals surface area contributed by atoms with Gasteiger partial charge in [0, 0.05) is 23.5 Å². The molecule has 1 aromatic carbocycles. The first-order valence-corrected chi connectivity index (χ1v) is 6.99. The number of aromatic nitrogens is 2. The molecule has 108 valence electrons. The Morgan fingerprint density at radius 3 is 2.90 bits per heavy atom. The number of hydrogen-bond donors (Lipinski definition) is 0. The van der Waals surface area contributed by atoms with E-state index in [4.69, 9.17) is 0 Å². The van der Waals surface area contributed by atoms with Crippen molar-refractivity contribution in [2.45, 2.75) is 32.9 Å². The molecule has 0 aliphatic carbocycles. The highest BCUT2D eigenvalue weighted by molar-refractivity contribution is 5.96. The molecule has 2 heterocycles. The van der Waals surface area contributed by atoms with E-state index in [1.54, 1.807) is 11.8 Å². The van der Waals surface area contributed by atoms with E-state index in [1.165, 1.54) is 22.5 Å². The highest BCUT2D eigenvalue weighted by Crippen LogP contribution is 2.31. The van der Waals surface area contributed by atoms with Crippen molar-refractivity contribution in [3.8, 4) is 0 Å². The minimum atomic E-state index is -0.198. The molecule has 3 rings (SSSR count). The van der Waals surface area contributed by atoms with Gasteiger partial charge in [0.2, 0.25) is 5.91 Å². The molecular weight excluding hydrogens is 266 g/mol. The van der Waals surface area contributed by atoms with Crippen molar-refractivity contribution in [1.29, 1.82) is 0 Å². The second-order valence-electron chi connectivity index (χ2n) is 5.44. The first-order chi connectivity index (χ1) is 10.1. The van der Waals surface area contributed by atoms with E-state index in [9.17, 15) is 9.59 Å². The number of nitrogens with zero attached hydrogens (tertiary/aromatic N) is 3. The Bertz CT molecular complexity index is 751. The Morgan fingerprint density at radius 1 is 1.38 bits per heavy atom. The molecule has 0 N–H and O–H groups in total. The fourth-order valence-corrected chi connectivity index (χ4v) is 2.80. The summed E-state index contributed by atoms with van der Waals surface area (Å²) in [6.07, 6.45) is 2.28. The SMILES string of the molecule is Cc1cc(=O)n(CC(=O)N2c3ccccc3CC2C)cn1. The zero-order chi connectivity index (χ0) is 15.0. The average molecular weight is 283 g/mol. The molecule has 0 fully saturated rings. The summed E-state index contributed by atoms with van der Waals surface area (Å²) in [7, 11) is 0. The molecule has 0 spiro atoms. The van der Waals surface area contributed by atoms with Crippen molar-refractivity contribution in [3.05, 3.63) is 58.3 Å². The first-order valence-electron chi connectivity index (χ1n) is 6.99. The third-order valence-corrected chi connectivity index (χ3v) is 3.80. The van der Waals surface area contributed by atoms with Crippen molar-refractivity contribution < 1.29 is 4.79 Å². The Hall–Kier alpha value is -2.43. The number of amides is 1. The molecule has 1 aromatic heterocycles. The predicted octanol–water partition coefficient (Wildman–Crippen LogP) is 1.53. The van der Waals surface area contributed by atoms with E-state index in [0.717, 1.165) is 12.1 Å². The third-order valence-electron chi connectivity index (χ3n) is 3.80. The third kappa shape index (κ3) is 2.46. The van der Waals surface area contributed by atoms with Crippen LogP contribution in [0.1, 0.15) is 18.2 Å². The fourth-order valence-electron chi connectivity index (χ4n) is 2.80. The number of fused-ring (bicyclic) bond motifs is 1. The second-order valence-corrected chi connectivity index (χ2v) is 5.44. The van der Waals surface area contributed by atoms with Gasteiger partial charge in [0.05, 0.1) is 6.33 Å². The zero-order valence-electron chi connectivity index (χ0n) is 12.1. The maximum atomic E-state index is 12.6. The lowest BCUT2D eigenvalue weighted by Crippen LogP contribution is -2.39. The maximum absolute atomic E-state index is 12.6. The normalized spacial score (nSPS) is 16.9. The Kier molecular flexibility index (Phi) is 3.33. The lowest BCUT2D eigenvalue weighted by atomic mass is 10.1. The molecule has 0 saturated heterocycles. The van der Waals surface area contributed by atoms with Crippen LogP contribution in [0.3, 0.4) is 0 Å². The number of aryl methyl sites for hydroxylation is 1. The molecule has 1 aliphatic rings. The molecule has 1 atom stereocenters. The molecule has 2 aromatic rings. The minimum absolute atomic E-state index is 0.0186. The summed E-state index contributed by atoms with van der Waals surface area (Å²) in [4.78, 5) is 30.3. The smallest absolute Gasteiger partial charge is 0.253 e. The summed E-state index contributed by atoms with van der Waals surface area (Å²) in [5, 5.41) is 0. The lowest BCUT2D eigenvalue weighted by molar-refractivity contribution is -0.119. The van der Waals surface area contributed by atoms with Crippen LogP contribution < -0.4 is 10.5 Å². The number of carbonyl (C=O) groups excluding carboxylic acids is 1. The highest BCUT2D eigenvalue weighted by atomic mass is 16.2. The molecule has 1 unspecified atom stereocenters. The molecule has 5 heteroatoms. The van der Waals surface area contributed by atoms with Crippen LogP contribution >= 0.6 is 0 Å². The van der Waals surface area contributed by atoms with Crippen molar-refractivity contribution in [1.82, 2.24) is 9.55 Å². The zero-order valence-corrected chi connectivity index (χ0v) is 12.1. The number of anilines is 1. The monoisotopic (exact) mass is 283 g/mol. The number of carbonyl (C=O) groups is 1. The Morgan fingerprint density at radius 2 is 2.14 bits per heavy atom. The van der Waals surface area contributed by atoms with Gasteiger partial charge in [-0.2, -0.15) is 0 Å². The molecule has 1 aliphatic heterocycles. The van der Waals surface area contributed by atoms with E-state index in [2.05, 4.69) is 4.98 Å². The Labute approximate surface area is 122 Å². The van der Waals surface area contributed by atoms with Gasteiger partial charge in [-0.3, -0.25) is 14.2 Å². The molecule has 0 saturated carbocycles. The van der Waals surface area contributed by atoms with Crippen LogP contribution in [-0.4, -0.2) is 21.5 Å². The second kappa shape index (κ2) is 5.16. The average Bonchev–Trinajstić information content (AvgIpc) is 2.77. The number of benzene rings is 1. The van der Waals surface area contributed by atoms with E-state index in [0.29, 0.717) is 5.69 Å². The van der Waals surface area contributed by atoms with E-state index in [1.807, 2.05) is 31.2 Å². The van der Waals surface area contributed by atoms with Gasteiger partial charge >= 0.3 is 0 Å². The first kappa shape index (κ1) is 13.5. The van der Waals surface area contributed by atoms with Crippen LogP contribution in [0, 0.1) is 6.92 Å². The van der Waals surface area contributed by atoms with Crippen LogP contribution in [0.2, 0.25) is 0 Å². The summed E-state index contributed by atoms with van der Waals surface area (Å²) in [6, 6.07) is 9.45.